The van der Waals surface area contributed by atoms with E-state index < -0.39 is 0 Å². The summed E-state index contributed by atoms with van der Waals surface area (Å²) in [5.41, 5.74) is 2.92. The van der Waals surface area contributed by atoms with Gasteiger partial charge < -0.3 is 14.6 Å². The molecule has 1 fully saturated rings. The Bertz CT molecular complexity index is 922. The number of nitrogens with one attached hydrogen (secondary N) is 1. The summed E-state index contributed by atoms with van der Waals surface area (Å²) in [5, 5.41) is 5.39. The van der Waals surface area contributed by atoms with Crippen LogP contribution in [0.3, 0.4) is 0 Å². The van der Waals surface area contributed by atoms with Gasteiger partial charge in [-0.15, -0.1) is 0 Å². The van der Waals surface area contributed by atoms with Gasteiger partial charge >= 0.3 is 0 Å². The number of H-pyrrole nitrogens is 1. The Kier molecular flexibility index (Phi) is 5.93. The van der Waals surface area contributed by atoms with E-state index in [1.807, 2.05) is 25.8 Å². The normalized spacial score (nSPS) is 19.7. The number of hydrogen-bond acceptors (Lipinski definition) is 4. The molecule has 2 aromatic rings. The Morgan fingerprint density at radius 1 is 1.36 bits per heavy atom. The maximum absolute atomic E-state index is 13.1. The van der Waals surface area contributed by atoms with Gasteiger partial charge in [-0.05, 0) is 45.1 Å². The van der Waals surface area contributed by atoms with Crippen molar-refractivity contribution < 1.29 is 9.53 Å². The van der Waals surface area contributed by atoms with Gasteiger partial charge in [0.15, 0.2) is 0 Å². The molecule has 1 aliphatic heterocycles. The number of carbonyl (C=O) groups excluding carboxylic acids is 1. The van der Waals surface area contributed by atoms with Crippen molar-refractivity contribution in [2.75, 3.05) is 20.3 Å². The van der Waals surface area contributed by atoms with Gasteiger partial charge in [-0.1, -0.05) is 13.3 Å². The lowest BCUT2D eigenvalue weighted by molar-refractivity contribution is -0.137. The summed E-state index contributed by atoms with van der Waals surface area (Å²) in [6, 6.07) is 0. The number of ether oxygens (including phenoxy) is 1. The monoisotopic (exact) mass is 388 g/mol. The summed E-state index contributed by atoms with van der Waals surface area (Å²) < 4.78 is 7.17. The molecule has 7 heteroatoms. The number of rotatable bonds is 7. The Balaban J connectivity index is 1.83. The van der Waals surface area contributed by atoms with Crippen LogP contribution in [0.25, 0.3) is 11.0 Å². The molecule has 2 aromatic heterocycles. The van der Waals surface area contributed by atoms with E-state index in [1.165, 1.54) is 0 Å². The zero-order valence-corrected chi connectivity index (χ0v) is 17.7. The van der Waals surface area contributed by atoms with Gasteiger partial charge in [0.1, 0.15) is 5.65 Å². The summed E-state index contributed by atoms with van der Waals surface area (Å²) >= 11 is 0. The third-order valence-electron chi connectivity index (χ3n) is 6.17. The van der Waals surface area contributed by atoms with Crippen LogP contribution in [-0.2, 0) is 23.0 Å². The van der Waals surface area contributed by atoms with Crippen molar-refractivity contribution in [1.82, 2.24) is 19.7 Å². The molecule has 1 saturated heterocycles. The van der Waals surface area contributed by atoms with E-state index in [4.69, 9.17) is 4.74 Å². The average molecular weight is 389 g/mol. The highest BCUT2D eigenvalue weighted by Gasteiger charge is 2.42. The van der Waals surface area contributed by atoms with E-state index in [9.17, 15) is 9.59 Å². The van der Waals surface area contributed by atoms with E-state index in [-0.39, 0.29) is 17.0 Å². The SMILES string of the molecule is CCC[C@]1(COC)CCCN1C(=O)CCc1c(C)c2c(C)nn(C)c2[nH]c1=O. The van der Waals surface area contributed by atoms with Crippen molar-refractivity contribution in [1.29, 1.82) is 0 Å². The molecule has 1 amide bonds. The number of fused-ring (bicyclic) bond motifs is 1. The zero-order chi connectivity index (χ0) is 20.5. The first-order chi connectivity index (χ1) is 13.3. The molecule has 1 aliphatic rings. The largest absolute Gasteiger partial charge is 0.382 e. The second-order valence-electron chi connectivity index (χ2n) is 8.05. The van der Waals surface area contributed by atoms with E-state index in [0.717, 1.165) is 54.5 Å². The molecule has 0 unspecified atom stereocenters. The van der Waals surface area contributed by atoms with E-state index in [2.05, 4.69) is 17.0 Å². The predicted octanol–water partition coefficient (Wildman–Crippen LogP) is 2.62. The fraction of sp³-hybridized carbons (Fsp3) is 0.667. The minimum atomic E-state index is -0.189. The van der Waals surface area contributed by atoms with Crippen LogP contribution in [0.2, 0.25) is 0 Å². The molecular weight excluding hydrogens is 356 g/mol. The molecule has 0 spiro atoms. The Morgan fingerprint density at radius 3 is 2.79 bits per heavy atom. The van der Waals surface area contributed by atoms with Gasteiger partial charge in [-0.3, -0.25) is 14.3 Å². The van der Waals surface area contributed by atoms with Crippen molar-refractivity contribution in [3.05, 3.63) is 27.2 Å². The third-order valence-corrected chi connectivity index (χ3v) is 6.17. The van der Waals surface area contributed by atoms with Gasteiger partial charge in [-0.25, -0.2) is 0 Å². The number of aryl methyl sites for hydroxylation is 3. The fourth-order valence-corrected chi connectivity index (χ4v) is 4.97. The summed E-state index contributed by atoms with van der Waals surface area (Å²) in [6.45, 7) is 7.39. The molecule has 28 heavy (non-hydrogen) atoms. The quantitative estimate of drug-likeness (QED) is 0.791. The van der Waals surface area contributed by atoms with Crippen LogP contribution in [0.4, 0.5) is 0 Å². The lowest BCUT2D eigenvalue weighted by Gasteiger charge is -2.38. The highest BCUT2D eigenvalue weighted by Crippen LogP contribution is 2.34. The fourth-order valence-electron chi connectivity index (χ4n) is 4.97. The Labute approximate surface area is 166 Å². The minimum absolute atomic E-state index is 0.116. The highest BCUT2D eigenvalue weighted by atomic mass is 16.5. The van der Waals surface area contributed by atoms with Crippen LogP contribution in [0.1, 0.15) is 55.8 Å². The van der Waals surface area contributed by atoms with Crippen LogP contribution in [0.15, 0.2) is 4.79 Å². The highest BCUT2D eigenvalue weighted by molar-refractivity contribution is 5.83. The molecule has 1 N–H and O–H groups in total. The van der Waals surface area contributed by atoms with Crippen LogP contribution >= 0.6 is 0 Å². The topological polar surface area (TPSA) is 80.2 Å². The predicted molar refractivity (Wildman–Crippen MR) is 110 cm³/mol. The number of methoxy groups -OCH3 is 1. The van der Waals surface area contributed by atoms with Crippen LogP contribution in [-0.4, -0.2) is 51.4 Å². The number of aromatic nitrogens is 3. The molecule has 3 heterocycles. The molecule has 0 saturated carbocycles. The molecule has 0 radical (unpaired) electrons. The average Bonchev–Trinajstić information content (AvgIpc) is 3.16. The summed E-state index contributed by atoms with van der Waals surface area (Å²) in [4.78, 5) is 30.7. The first kappa shape index (κ1) is 20.6. The molecule has 0 bridgehead atoms. The van der Waals surface area contributed by atoms with Crippen molar-refractivity contribution in [3.8, 4) is 0 Å². The number of hydrogen-bond donors (Lipinski definition) is 1. The lowest BCUT2D eigenvalue weighted by Crippen LogP contribution is -2.50. The molecule has 0 aliphatic carbocycles. The summed E-state index contributed by atoms with van der Waals surface area (Å²) in [6.07, 6.45) is 4.74. The first-order valence-electron chi connectivity index (χ1n) is 10.2. The smallest absolute Gasteiger partial charge is 0.253 e. The number of nitrogens with zero attached hydrogens (tertiary/aromatic N) is 3. The number of likely N-dealkylation sites (tertiary alicyclic amines) is 1. The standard InChI is InChI=1S/C21H32N4O3/c1-6-10-21(13-28-5)11-7-12-25(21)17(26)9-8-16-14(2)18-15(3)23-24(4)19(18)22-20(16)27/h6-13H2,1-5H3,(H,22,27)/t21-/m1/s1. The maximum atomic E-state index is 13.1. The van der Waals surface area contributed by atoms with Crippen molar-refractivity contribution in [3.63, 3.8) is 0 Å². The number of carbonyl (C=O) groups is 1. The van der Waals surface area contributed by atoms with Gasteiger partial charge in [0.2, 0.25) is 5.91 Å². The van der Waals surface area contributed by atoms with Gasteiger partial charge in [-0.2, -0.15) is 5.10 Å². The van der Waals surface area contributed by atoms with Gasteiger partial charge in [0.05, 0.1) is 17.8 Å². The van der Waals surface area contributed by atoms with Crippen LogP contribution in [0, 0.1) is 13.8 Å². The van der Waals surface area contributed by atoms with Crippen LogP contribution < -0.4 is 5.56 Å². The summed E-state index contributed by atoms with van der Waals surface area (Å²) in [5.74, 6) is 0.116. The zero-order valence-electron chi connectivity index (χ0n) is 17.7. The number of amides is 1. The van der Waals surface area contributed by atoms with Crippen molar-refractivity contribution in [2.45, 2.75) is 64.8 Å². The van der Waals surface area contributed by atoms with E-state index in [1.54, 1.807) is 11.8 Å². The maximum Gasteiger partial charge on any atom is 0.253 e. The molecule has 7 nitrogen and oxygen atoms in total. The Hall–Kier alpha value is -2.15. The van der Waals surface area contributed by atoms with Gasteiger partial charge in [0, 0.05) is 38.1 Å². The summed E-state index contributed by atoms with van der Waals surface area (Å²) in [7, 11) is 3.52. The second-order valence-corrected chi connectivity index (χ2v) is 8.05. The molecular formula is C21H32N4O3. The Morgan fingerprint density at radius 2 is 2.11 bits per heavy atom. The van der Waals surface area contributed by atoms with E-state index >= 15 is 0 Å². The third kappa shape index (κ3) is 3.48. The number of aromatic amines is 1. The molecule has 1 atom stereocenters. The van der Waals surface area contributed by atoms with Crippen molar-refractivity contribution in [2.24, 2.45) is 7.05 Å². The van der Waals surface area contributed by atoms with Gasteiger partial charge in [0.25, 0.3) is 5.56 Å². The second kappa shape index (κ2) is 8.07. The lowest BCUT2D eigenvalue weighted by atomic mass is 9.91. The first-order valence-corrected chi connectivity index (χ1v) is 10.2. The van der Waals surface area contributed by atoms with E-state index in [0.29, 0.717) is 25.0 Å². The molecule has 3 rings (SSSR count). The van der Waals surface area contributed by atoms with Crippen molar-refractivity contribution >= 4 is 16.9 Å². The van der Waals surface area contributed by atoms with Crippen LogP contribution in [0.5, 0.6) is 0 Å². The molecule has 0 aromatic carbocycles. The minimum Gasteiger partial charge on any atom is -0.382 e. The molecule has 154 valence electrons. The number of pyridine rings is 1.